The second kappa shape index (κ2) is 5.79. The van der Waals surface area contributed by atoms with Gasteiger partial charge in [-0.25, -0.2) is 0 Å². The molecule has 0 saturated carbocycles. The molecular weight excluding hydrogens is 262 g/mol. The summed E-state index contributed by atoms with van der Waals surface area (Å²) < 4.78 is 28.3. The second-order valence-electron chi connectivity index (χ2n) is 4.73. The van der Waals surface area contributed by atoms with E-state index in [0.717, 1.165) is 19.3 Å². The minimum Gasteiger partial charge on any atom is -0.399 e. The lowest BCUT2D eigenvalue weighted by molar-refractivity contribution is 0.345. The largest absolute Gasteiger partial charge is 0.399 e. The number of rotatable bonds is 4. The highest BCUT2D eigenvalue weighted by atomic mass is 32.2. The molecule has 0 aromatic heterocycles. The maximum absolute atomic E-state index is 12.6. The fourth-order valence-corrected chi connectivity index (χ4v) is 4.10. The van der Waals surface area contributed by atoms with Gasteiger partial charge in [0.05, 0.1) is 5.69 Å². The Morgan fingerprint density at radius 1 is 1.26 bits per heavy atom. The van der Waals surface area contributed by atoms with E-state index >= 15 is 0 Å². The van der Waals surface area contributed by atoms with Gasteiger partial charge in [-0.05, 0) is 38.0 Å². The van der Waals surface area contributed by atoms with Crippen LogP contribution < -0.4 is 10.0 Å². The van der Waals surface area contributed by atoms with Crippen molar-refractivity contribution in [1.29, 1.82) is 0 Å². The second-order valence-corrected chi connectivity index (χ2v) is 6.58. The molecule has 0 radical (unpaired) electrons. The van der Waals surface area contributed by atoms with Crippen molar-refractivity contribution in [3.05, 3.63) is 24.3 Å². The van der Waals surface area contributed by atoms with Crippen molar-refractivity contribution in [2.45, 2.75) is 26.2 Å². The number of hydrogen-bond donors (Lipinski definition) is 1. The minimum atomic E-state index is -3.43. The van der Waals surface area contributed by atoms with Gasteiger partial charge >= 0.3 is 10.2 Å². The Morgan fingerprint density at radius 2 is 1.95 bits per heavy atom. The molecule has 1 aromatic rings. The molecule has 6 heteroatoms. The minimum absolute atomic E-state index is 0.405. The van der Waals surface area contributed by atoms with E-state index in [0.29, 0.717) is 31.0 Å². The third kappa shape index (κ3) is 3.01. The average molecular weight is 283 g/mol. The summed E-state index contributed by atoms with van der Waals surface area (Å²) in [5, 5.41) is 0. The van der Waals surface area contributed by atoms with E-state index in [2.05, 4.69) is 0 Å². The van der Waals surface area contributed by atoms with Crippen molar-refractivity contribution >= 4 is 21.6 Å². The summed E-state index contributed by atoms with van der Waals surface area (Å²) in [6, 6.07) is 7.01. The molecule has 1 fully saturated rings. The van der Waals surface area contributed by atoms with Crippen LogP contribution in [-0.2, 0) is 10.2 Å². The van der Waals surface area contributed by atoms with Gasteiger partial charge in [0.1, 0.15) is 0 Å². The van der Waals surface area contributed by atoms with Gasteiger partial charge in [-0.1, -0.05) is 12.5 Å². The van der Waals surface area contributed by atoms with E-state index < -0.39 is 10.2 Å². The molecule has 1 aliphatic rings. The van der Waals surface area contributed by atoms with E-state index in [9.17, 15) is 8.42 Å². The van der Waals surface area contributed by atoms with Crippen molar-refractivity contribution in [3.63, 3.8) is 0 Å². The SMILES string of the molecule is CCN(c1cccc(N)c1)S(=O)(=O)N1CCCCC1. The smallest absolute Gasteiger partial charge is 0.304 e. The molecule has 5 nitrogen and oxygen atoms in total. The van der Waals surface area contributed by atoms with Crippen LogP contribution in [0.25, 0.3) is 0 Å². The Balaban J connectivity index is 2.30. The Morgan fingerprint density at radius 3 is 2.53 bits per heavy atom. The van der Waals surface area contributed by atoms with Crippen LogP contribution in [0.4, 0.5) is 11.4 Å². The van der Waals surface area contributed by atoms with Crippen LogP contribution >= 0.6 is 0 Å². The van der Waals surface area contributed by atoms with Gasteiger partial charge in [0, 0.05) is 25.3 Å². The summed E-state index contributed by atoms with van der Waals surface area (Å²) in [6.07, 6.45) is 2.98. The van der Waals surface area contributed by atoms with Gasteiger partial charge in [-0.2, -0.15) is 12.7 Å². The molecule has 0 amide bonds. The van der Waals surface area contributed by atoms with Gasteiger partial charge in [-0.3, -0.25) is 4.31 Å². The molecule has 2 N–H and O–H groups in total. The van der Waals surface area contributed by atoms with Crippen molar-refractivity contribution in [2.24, 2.45) is 0 Å². The van der Waals surface area contributed by atoms with Crippen LogP contribution in [0.15, 0.2) is 24.3 Å². The number of nitrogens with zero attached hydrogens (tertiary/aromatic N) is 2. The number of nitrogen functional groups attached to an aromatic ring is 1. The van der Waals surface area contributed by atoms with Crippen LogP contribution in [0.2, 0.25) is 0 Å². The zero-order chi connectivity index (χ0) is 13.9. The lowest BCUT2D eigenvalue weighted by atomic mass is 10.2. The van der Waals surface area contributed by atoms with E-state index in [1.54, 1.807) is 28.6 Å². The Bertz CT molecular complexity index is 524. The summed E-state index contributed by atoms with van der Waals surface area (Å²) in [4.78, 5) is 0. The van der Waals surface area contributed by atoms with Crippen LogP contribution in [0.5, 0.6) is 0 Å². The van der Waals surface area contributed by atoms with Gasteiger partial charge < -0.3 is 5.73 Å². The predicted molar refractivity (Wildman–Crippen MR) is 78.2 cm³/mol. The Labute approximate surface area is 115 Å². The molecule has 0 spiro atoms. The fraction of sp³-hybridized carbons (Fsp3) is 0.538. The lowest BCUT2D eigenvalue weighted by Crippen LogP contribution is -2.46. The first-order chi connectivity index (χ1) is 9.05. The van der Waals surface area contributed by atoms with E-state index in [4.69, 9.17) is 5.73 Å². The van der Waals surface area contributed by atoms with E-state index in [-0.39, 0.29) is 0 Å². The van der Waals surface area contributed by atoms with E-state index in [1.807, 2.05) is 6.92 Å². The molecule has 2 rings (SSSR count). The molecule has 1 aromatic carbocycles. The molecule has 1 heterocycles. The molecule has 0 unspecified atom stereocenters. The van der Waals surface area contributed by atoms with Gasteiger partial charge in [0.15, 0.2) is 0 Å². The van der Waals surface area contributed by atoms with Crippen molar-refractivity contribution < 1.29 is 8.42 Å². The van der Waals surface area contributed by atoms with Crippen LogP contribution in [0.1, 0.15) is 26.2 Å². The molecule has 1 aliphatic heterocycles. The first-order valence-electron chi connectivity index (χ1n) is 6.69. The number of piperidine rings is 1. The van der Waals surface area contributed by atoms with Crippen molar-refractivity contribution in [2.75, 3.05) is 29.7 Å². The van der Waals surface area contributed by atoms with Crippen LogP contribution in [0.3, 0.4) is 0 Å². The average Bonchev–Trinajstić information content (AvgIpc) is 2.40. The van der Waals surface area contributed by atoms with Gasteiger partial charge in [0.2, 0.25) is 0 Å². The van der Waals surface area contributed by atoms with Gasteiger partial charge in [0.25, 0.3) is 0 Å². The number of hydrogen-bond acceptors (Lipinski definition) is 3. The molecule has 19 heavy (non-hydrogen) atoms. The highest BCUT2D eigenvalue weighted by molar-refractivity contribution is 7.90. The zero-order valence-corrected chi connectivity index (χ0v) is 12.1. The maximum Gasteiger partial charge on any atom is 0.304 e. The fourth-order valence-electron chi connectivity index (χ4n) is 2.39. The number of anilines is 2. The Hall–Kier alpha value is -1.27. The normalized spacial score (nSPS) is 17.3. The molecular formula is C13H21N3O2S. The van der Waals surface area contributed by atoms with Crippen LogP contribution in [-0.4, -0.2) is 32.4 Å². The number of benzene rings is 1. The first kappa shape index (κ1) is 14.1. The van der Waals surface area contributed by atoms with Crippen molar-refractivity contribution in [3.8, 4) is 0 Å². The van der Waals surface area contributed by atoms with Crippen molar-refractivity contribution in [1.82, 2.24) is 4.31 Å². The maximum atomic E-state index is 12.6. The third-order valence-electron chi connectivity index (χ3n) is 3.37. The predicted octanol–water partition coefficient (Wildman–Crippen LogP) is 1.83. The molecule has 1 saturated heterocycles. The summed E-state index contributed by atoms with van der Waals surface area (Å²) in [5.74, 6) is 0. The summed E-state index contributed by atoms with van der Waals surface area (Å²) in [7, 11) is -3.43. The Kier molecular flexibility index (Phi) is 4.31. The zero-order valence-electron chi connectivity index (χ0n) is 11.2. The van der Waals surface area contributed by atoms with Gasteiger partial charge in [-0.15, -0.1) is 0 Å². The first-order valence-corrected chi connectivity index (χ1v) is 8.08. The van der Waals surface area contributed by atoms with Crippen LogP contribution in [0, 0.1) is 0 Å². The molecule has 106 valence electrons. The quantitative estimate of drug-likeness (QED) is 0.857. The molecule has 0 bridgehead atoms. The topological polar surface area (TPSA) is 66.6 Å². The monoisotopic (exact) mass is 283 g/mol. The lowest BCUT2D eigenvalue weighted by Gasteiger charge is -2.32. The number of nitrogens with two attached hydrogens (primary N) is 1. The third-order valence-corrected chi connectivity index (χ3v) is 5.41. The summed E-state index contributed by atoms with van der Waals surface area (Å²) >= 11 is 0. The highest BCUT2D eigenvalue weighted by Crippen LogP contribution is 2.24. The molecule has 0 atom stereocenters. The summed E-state index contributed by atoms with van der Waals surface area (Å²) in [5.41, 5.74) is 6.94. The van der Waals surface area contributed by atoms with E-state index in [1.165, 1.54) is 4.31 Å². The summed E-state index contributed by atoms with van der Waals surface area (Å²) in [6.45, 7) is 3.47. The standard InChI is InChI=1S/C13H21N3O2S/c1-2-16(13-8-6-7-12(14)11-13)19(17,18)15-9-4-3-5-10-15/h6-8,11H,2-5,9-10,14H2,1H3. The highest BCUT2D eigenvalue weighted by Gasteiger charge is 2.29. The molecule has 0 aliphatic carbocycles.